The highest BCUT2D eigenvalue weighted by atomic mass is 16.1. The third-order valence-corrected chi connectivity index (χ3v) is 5.23. The first kappa shape index (κ1) is 19.4. The van der Waals surface area contributed by atoms with Gasteiger partial charge in [0.15, 0.2) is 0 Å². The van der Waals surface area contributed by atoms with Crippen molar-refractivity contribution < 1.29 is 9.59 Å². The molecule has 0 aliphatic rings. The fourth-order valence-corrected chi connectivity index (χ4v) is 4.07. The van der Waals surface area contributed by atoms with Crippen LogP contribution in [0.2, 0.25) is 0 Å². The Hall–Kier alpha value is -3.40. The zero-order valence-electron chi connectivity index (χ0n) is 15.6. The summed E-state index contributed by atoms with van der Waals surface area (Å²) in [5.41, 5.74) is 13.3. The zero-order chi connectivity index (χ0) is 20.0. The van der Waals surface area contributed by atoms with E-state index >= 15 is 0 Å². The molecule has 4 nitrogen and oxygen atoms in total. The predicted molar refractivity (Wildman–Crippen MR) is 110 cm³/mol. The van der Waals surface area contributed by atoms with Gasteiger partial charge >= 0.3 is 0 Å². The second-order valence-electron chi connectivity index (χ2n) is 6.87. The van der Waals surface area contributed by atoms with Crippen LogP contribution in [0.15, 0.2) is 91.0 Å². The Morgan fingerprint density at radius 1 is 0.679 bits per heavy atom. The zero-order valence-corrected chi connectivity index (χ0v) is 15.6. The summed E-state index contributed by atoms with van der Waals surface area (Å²) in [6, 6.07) is 29.5. The number of hydrogen-bond acceptors (Lipinski definition) is 2. The topological polar surface area (TPSA) is 86.2 Å². The van der Waals surface area contributed by atoms with Gasteiger partial charge < -0.3 is 11.5 Å². The summed E-state index contributed by atoms with van der Waals surface area (Å²) in [5, 5.41) is 0. The molecule has 0 spiro atoms. The normalized spacial score (nSPS) is 12.3. The van der Waals surface area contributed by atoms with Crippen LogP contribution < -0.4 is 11.5 Å². The minimum atomic E-state index is -0.828. The average molecular weight is 372 g/mol. The smallest absolute Gasteiger partial charge is 0.222 e. The first-order valence-corrected chi connectivity index (χ1v) is 9.31. The van der Waals surface area contributed by atoms with Crippen molar-refractivity contribution in [3.05, 3.63) is 108 Å². The highest BCUT2D eigenvalue weighted by molar-refractivity contribution is 5.82. The van der Waals surface area contributed by atoms with Gasteiger partial charge in [0.2, 0.25) is 11.8 Å². The number of nitrogens with two attached hydrogens (primary N) is 2. The van der Waals surface area contributed by atoms with E-state index < -0.39 is 23.1 Å². The maximum absolute atomic E-state index is 12.7. The predicted octanol–water partition coefficient (Wildman–Crippen LogP) is 3.39. The SMILES string of the molecule is NC(=O)CCC(C(N)=O)C(c1ccccc1)(c1ccccc1)c1ccccc1. The van der Waals surface area contributed by atoms with Gasteiger partial charge in [-0.05, 0) is 23.1 Å². The molecule has 0 saturated carbocycles. The van der Waals surface area contributed by atoms with Gasteiger partial charge in [0.05, 0.1) is 11.3 Å². The molecule has 0 aromatic heterocycles. The summed E-state index contributed by atoms with van der Waals surface area (Å²) in [5.74, 6) is -1.56. The first-order valence-electron chi connectivity index (χ1n) is 9.31. The lowest BCUT2D eigenvalue weighted by Gasteiger charge is -2.41. The maximum Gasteiger partial charge on any atom is 0.222 e. The molecule has 4 heteroatoms. The van der Waals surface area contributed by atoms with Crippen LogP contribution in [-0.4, -0.2) is 11.8 Å². The minimum absolute atomic E-state index is 0.0852. The fourth-order valence-electron chi connectivity index (χ4n) is 4.07. The van der Waals surface area contributed by atoms with Crippen molar-refractivity contribution in [3.63, 3.8) is 0 Å². The molecule has 0 heterocycles. The van der Waals surface area contributed by atoms with Crippen LogP contribution >= 0.6 is 0 Å². The van der Waals surface area contributed by atoms with Crippen molar-refractivity contribution in [1.29, 1.82) is 0 Å². The van der Waals surface area contributed by atoms with Gasteiger partial charge in [0.1, 0.15) is 0 Å². The molecule has 0 aliphatic carbocycles. The summed E-state index contributed by atoms with van der Waals surface area (Å²) < 4.78 is 0. The molecule has 0 radical (unpaired) electrons. The number of carbonyl (C=O) groups is 2. The van der Waals surface area contributed by atoms with Gasteiger partial charge in [-0.25, -0.2) is 0 Å². The number of primary amides is 2. The van der Waals surface area contributed by atoms with E-state index in [1.165, 1.54) is 0 Å². The number of hydrogen-bond donors (Lipinski definition) is 2. The van der Waals surface area contributed by atoms with Crippen molar-refractivity contribution in [3.8, 4) is 0 Å². The van der Waals surface area contributed by atoms with Crippen molar-refractivity contribution in [2.24, 2.45) is 17.4 Å². The van der Waals surface area contributed by atoms with Crippen LogP contribution in [0.5, 0.6) is 0 Å². The Bertz CT molecular complexity index is 828. The van der Waals surface area contributed by atoms with Gasteiger partial charge in [0.25, 0.3) is 0 Å². The Morgan fingerprint density at radius 2 is 1.04 bits per heavy atom. The third kappa shape index (κ3) is 3.67. The molecule has 3 aromatic carbocycles. The maximum atomic E-state index is 12.7. The Morgan fingerprint density at radius 3 is 1.32 bits per heavy atom. The van der Waals surface area contributed by atoms with Crippen LogP contribution in [-0.2, 0) is 15.0 Å². The molecule has 0 bridgehead atoms. The van der Waals surface area contributed by atoms with E-state index in [1.807, 2.05) is 91.0 Å². The highest BCUT2D eigenvalue weighted by Gasteiger charge is 2.46. The van der Waals surface area contributed by atoms with E-state index in [0.29, 0.717) is 0 Å². The quantitative estimate of drug-likeness (QED) is 0.594. The third-order valence-electron chi connectivity index (χ3n) is 5.23. The second kappa shape index (κ2) is 8.53. The van der Waals surface area contributed by atoms with E-state index in [1.54, 1.807) is 0 Å². The van der Waals surface area contributed by atoms with Crippen molar-refractivity contribution in [2.45, 2.75) is 18.3 Å². The van der Waals surface area contributed by atoms with Crippen LogP contribution in [0, 0.1) is 5.92 Å². The summed E-state index contributed by atoms with van der Waals surface area (Å²) in [7, 11) is 0. The Balaban J connectivity index is 2.36. The van der Waals surface area contributed by atoms with Crippen LogP contribution in [0.25, 0.3) is 0 Å². The number of amides is 2. The standard InChI is InChI=1S/C24H24N2O2/c25-22(27)17-16-21(23(26)28)24(18-10-4-1-5-11-18,19-12-6-2-7-13-19)20-14-8-3-9-15-20/h1-15,21H,16-17H2,(H2,25,27)(H2,26,28). The first-order chi connectivity index (χ1) is 13.6. The number of benzene rings is 3. The summed E-state index contributed by atoms with van der Waals surface area (Å²) in [6.45, 7) is 0. The van der Waals surface area contributed by atoms with E-state index in [2.05, 4.69) is 0 Å². The molecule has 1 atom stereocenters. The minimum Gasteiger partial charge on any atom is -0.370 e. The molecule has 1 unspecified atom stereocenters. The lowest BCUT2D eigenvalue weighted by atomic mass is 9.60. The molecule has 4 N–H and O–H groups in total. The lowest BCUT2D eigenvalue weighted by Crippen LogP contribution is -2.45. The largest absolute Gasteiger partial charge is 0.370 e. The average Bonchev–Trinajstić information content (AvgIpc) is 2.72. The lowest BCUT2D eigenvalue weighted by molar-refractivity contribution is -0.124. The van der Waals surface area contributed by atoms with Crippen LogP contribution in [0.3, 0.4) is 0 Å². The molecule has 3 aromatic rings. The molecular weight excluding hydrogens is 348 g/mol. The van der Waals surface area contributed by atoms with Gasteiger partial charge in [-0.3, -0.25) is 9.59 Å². The van der Waals surface area contributed by atoms with E-state index in [0.717, 1.165) is 16.7 Å². The molecule has 28 heavy (non-hydrogen) atoms. The molecule has 142 valence electrons. The molecule has 0 aliphatic heterocycles. The highest BCUT2D eigenvalue weighted by Crippen LogP contribution is 2.46. The monoisotopic (exact) mass is 372 g/mol. The molecule has 0 saturated heterocycles. The summed E-state index contributed by atoms with van der Waals surface area (Å²) >= 11 is 0. The molecule has 3 rings (SSSR count). The molecule has 0 fully saturated rings. The van der Waals surface area contributed by atoms with E-state index in [4.69, 9.17) is 11.5 Å². The fraction of sp³-hybridized carbons (Fsp3) is 0.167. The summed E-state index contributed by atoms with van der Waals surface area (Å²) in [6.07, 6.45) is 0.352. The van der Waals surface area contributed by atoms with Gasteiger partial charge in [-0.15, -0.1) is 0 Å². The van der Waals surface area contributed by atoms with Crippen molar-refractivity contribution in [2.75, 3.05) is 0 Å². The number of rotatable bonds is 8. The molecular formula is C24H24N2O2. The van der Waals surface area contributed by atoms with Gasteiger partial charge in [0, 0.05) is 6.42 Å². The number of carbonyl (C=O) groups excluding carboxylic acids is 2. The van der Waals surface area contributed by atoms with Gasteiger partial charge in [-0.1, -0.05) is 91.0 Å². The van der Waals surface area contributed by atoms with Crippen LogP contribution in [0.4, 0.5) is 0 Å². The van der Waals surface area contributed by atoms with Crippen LogP contribution in [0.1, 0.15) is 29.5 Å². The van der Waals surface area contributed by atoms with Gasteiger partial charge in [-0.2, -0.15) is 0 Å². The van der Waals surface area contributed by atoms with Crippen molar-refractivity contribution in [1.82, 2.24) is 0 Å². The Kier molecular flexibility index (Phi) is 5.90. The van der Waals surface area contributed by atoms with E-state index in [9.17, 15) is 9.59 Å². The second-order valence-corrected chi connectivity index (χ2v) is 6.87. The van der Waals surface area contributed by atoms with E-state index in [-0.39, 0.29) is 12.8 Å². The molecule has 2 amide bonds. The summed E-state index contributed by atoms with van der Waals surface area (Å²) in [4.78, 5) is 24.3. The Labute approximate surface area is 165 Å². The van der Waals surface area contributed by atoms with Crippen molar-refractivity contribution >= 4 is 11.8 Å².